The molecule has 0 aliphatic carbocycles. The van der Waals surface area contributed by atoms with E-state index in [1.54, 1.807) is 24.3 Å². The molecule has 2 aromatic heterocycles. The van der Waals surface area contributed by atoms with E-state index in [9.17, 15) is 31.1 Å². The quantitative estimate of drug-likeness (QED) is 0.319. The lowest BCUT2D eigenvalue weighted by Crippen LogP contribution is -2.17. The zero-order valence-corrected chi connectivity index (χ0v) is 18.4. The number of hydrogen-bond acceptors (Lipinski definition) is 3. The van der Waals surface area contributed by atoms with Crippen molar-refractivity contribution in [3.8, 4) is 11.3 Å². The Hall–Kier alpha value is -3.89. The first kappa shape index (κ1) is 24.2. The van der Waals surface area contributed by atoms with Crippen LogP contribution in [0.25, 0.3) is 16.9 Å². The molecule has 1 N–H and O–H groups in total. The number of nitrogens with zero attached hydrogens (tertiary/aromatic N) is 3. The largest absolute Gasteiger partial charge is 0.433 e. The summed E-state index contributed by atoms with van der Waals surface area (Å²) in [5, 5.41) is 5.76. The molecule has 182 valence electrons. The van der Waals surface area contributed by atoms with E-state index in [1.165, 1.54) is 6.07 Å². The van der Waals surface area contributed by atoms with Gasteiger partial charge < -0.3 is 5.32 Å². The number of carbonyl (C=O) groups excluding carboxylic acids is 1. The third kappa shape index (κ3) is 4.84. The number of hydrogen-bond donors (Lipinski definition) is 1. The summed E-state index contributed by atoms with van der Waals surface area (Å²) < 4.78 is 81.8. The van der Waals surface area contributed by atoms with Gasteiger partial charge in [-0.1, -0.05) is 50.2 Å². The molecule has 0 saturated carbocycles. The topological polar surface area (TPSA) is 59.3 Å². The van der Waals surface area contributed by atoms with Crippen molar-refractivity contribution in [3.63, 3.8) is 0 Å². The zero-order chi connectivity index (χ0) is 25.5. The molecular formula is C24H18F6N4O. The van der Waals surface area contributed by atoms with Crippen LogP contribution in [0.1, 0.15) is 46.9 Å². The van der Waals surface area contributed by atoms with E-state index >= 15 is 0 Å². The highest BCUT2D eigenvalue weighted by molar-refractivity contribution is 6.08. The van der Waals surface area contributed by atoms with Crippen LogP contribution < -0.4 is 5.32 Å². The molecule has 0 unspecified atom stereocenters. The van der Waals surface area contributed by atoms with Crippen LogP contribution >= 0.6 is 0 Å². The van der Waals surface area contributed by atoms with Crippen LogP contribution in [0.15, 0.2) is 60.8 Å². The molecule has 0 bridgehead atoms. The summed E-state index contributed by atoms with van der Waals surface area (Å²) in [5.41, 5.74) is -2.39. The van der Waals surface area contributed by atoms with E-state index in [2.05, 4.69) is 15.4 Å². The third-order valence-corrected chi connectivity index (χ3v) is 5.36. The Morgan fingerprint density at radius 3 is 2.20 bits per heavy atom. The standard InChI is InChI=1S/C24H18F6N4O/c1-13(2)14-7-9-15(10-8-14)19-11-20(24(28,29)30)34-21(32-19)16(12-31-34)22(35)33-18-6-4-3-5-17(18)23(25,26)27/h3-13H,1-2H3,(H,33,35). The number of para-hydroxylation sites is 1. The molecule has 0 radical (unpaired) electrons. The van der Waals surface area contributed by atoms with Gasteiger partial charge in [0.05, 0.1) is 23.1 Å². The summed E-state index contributed by atoms with van der Waals surface area (Å²) in [6, 6.07) is 11.8. The van der Waals surface area contributed by atoms with Gasteiger partial charge in [0, 0.05) is 5.56 Å². The molecule has 1 amide bonds. The summed E-state index contributed by atoms with van der Waals surface area (Å²) in [7, 11) is 0. The lowest BCUT2D eigenvalue weighted by atomic mass is 10.0. The van der Waals surface area contributed by atoms with E-state index in [-0.39, 0.29) is 11.6 Å². The zero-order valence-electron chi connectivity index (χ0n) is 18.4. The van der Waals surface area contributed by atoms with Gasteiger partial charge in [-0.05, 0) is 29.7 Å². The number of carbonyl (C=O) groups is 1. The molecule has 0 saturated heterocycles. The van der Waals surface area contributed by atoms with Crippen LogP contribution in [-0.2, 0) is 12.4 Å². The van der Waals surface area contributed by atoms with Crippen LogP contribution in [0, 0.1) is 0 Å². The van der Waals surface area contributed by atoms with Crippen molar-refractivity contribution in [1.29, 1.82) is 0 Å². The number of alkyl halides is 6. The van der Waals surface area contributed by atoms with Crippen molar-refractivity contribution in [1.82, 2.24) is 14.6 Å². The van der Waals surface area contributed by atoms with Crippen molar-refractivity contribution in [2.24, 2.45) is 0 Å². The van der Waals surface area contributed by atoms with Crippen molar-refractivity contribution in [2.45, 2.75) is 32.1 Å². The van der Waals surface area contributed by atoms with Gasteiger partial charge in [0.2, 0.25) is 0 Å². The van der Waals surface area contributed by atoms with Crippen molar-refractivity contribution < 1.29 is 31.1 Å². The van der Waals surface area contributed by atoms with Gasteiger partial charge in [0.1, 0.15) is 5.56 Å². The predicted molar refractivity (Wildman–Crippen MR) is 117 cm³/mol. The molecule has 5 nitrogen and oxygen atoms in total. The average molecular weight is 492 g/mol. The van der Waals surface area contributed by atoms with E-state index in [4.69, 9.17) is 0 Å². The summed E-state index contributed by atoms with van der Waals surface area (Å²) in [6.07, 6.45) is -8.74. The van der Waals surface area contributed by atoms with Crippen LogP contribution in [0.5, 0.6) is 0 Å². The van der Waals surface area contributed by atoms with Gasteiger partial charge in [-0.15, -0.1) is 0 Å². The molecule has 2 heterocycles. The summed E-state index contributed by atoms with van der Waals surface area (Å²) in [5.74, 6) is -0.875. The molecule has 4 rings (SSSR count). The molecule has 4 aromatic rings. The first-order valence-electron chi connectivity index (χ1n) is 10.4. The van der Waals surface area contributed by atoms with Crippen LogP contribution in [0.3, 0.4) is 0 Å². The number of fused-ring (bicyclic) bond motifs is 1. The second-order valence-corrected chi connectivity index (χ2v) is 8.09. The molecule has 35 heavy (non-hydrogen) atoms. The highest BCUT2D eigenvalue weighted by atomic mass is 19.4. The van der Waals surface area contributed by atoms with Gasteiger partial charge in [-0.3, -0.25) is 4.79 Å². The van der Waals surface area contributed by atoms with E-state index < -0.39 is 46.4 Å². The van der Waals surface area contributed by atoms with Gasteiger partial charge in [0.25, 0.3) is 5.91 Å². The van der Waals surface area contributed by atoms with Gasteiger partial charge in [-0.25, -0.2) is 9.50 Å². The molecule has 2 aromatic carbocycles. The molecule has 0 spiro atoms. The smallest absolute Gasteiger partial charge is 0.321 e. The lowest BCUT2D eigenvalue weighted by molar-refractivity contribution is -0.142. The second-order valence-electron chi connectivity index (χ2n) is 8.09. The number of halogens is 6. The molecule has 0 aliphatic heterocycles. The minimum atomic E-state index is -4.84. The minimum absolute atomic E-state index is 0.0645. The fourth-order valence-corrected chi connectivity index (χ4v) is 3.54. The molecule has 0 fully saturated rings. The summed E-state index contributed by atoms with van der Waals surface area (Å²) in [6.45, 7) is 3.93. The van der Waals surface area contributed by atoms with Gasteiger partial charge in [-0.2, -0.15) is 31.4 Å². The first-order chi connectivity index (χ1) is 16.4. The SMILES string of the molecule is CC(C)c1ccc(-c2cc(C(F)(F)F)n3ncc(C(=O)Nc4ccccc4C(F)(F)F)c3n2)cc1. The Labute approximate surface area is 195 Å². The number of amides is 1. The Kier molecular flexibility index (Phi) is 6.04. The maximum Gasteiger partial charge on any atom is 0.433 e. The maximum atomic E-state index is 13.8. The number of aromatic nitrogens is 3. The Morgan fingerprint density at radius 2 is 1.60 bits per heavy atom. The monoisotopic (exact) mass is 492 g/mol. The van der Waals surface area contributed by atoms with Crippen LogP contribution in [-0.4, -0.2) is 20.5 Å². The van der Waals surface area contributed by atoms with Gasteiger partial charge >= 0.3 is 12.4 Å². The molecule has 0 aliphatic rings. The van der Waals surface area contributed by atoms with Crippen LogP contribution in [0.4, 0.5) is 32.0 Å². The maximum absolute atomic E-state index is 13.8. The number of nitrogens with one attached hydrogen (secondary N) is 1. The van der Waals surface area contributed by atoms with Crippen LogP contribution in [0.2, 0.25) is 0 Å². The lowest BCUT2D eigenvalue weighted by Gasteiger charge is -2.14. The fraction of sp³-hybridized carbons (Fsp3) is 0.208. The van der Waals surface area contributed by atoms with E-state index in [0.29, 0.717) is 10.1 Å². The Bertz CT molecular complexity index is 1390. The Morgan fingerprint density at radius 1 is 0.943 bits per heavy atom. The Balaban J connectivity index is 1.82. The molecule has 0 atom stereocenters. The second kappa shape index (κ2) is 8.71. The van der Waals surface area contributed by atoms with E-state index in [1.807, 2.05) is 13.8 Å². The first-order valence-corrected chi connectivity index (χ1v) is 10.4. The van der Waals surface area contributed by atoms with Crippen molar-refractivity contribution >= 4 is 17.2 Å². The summed E-state index contributed by atoms with van der Waals surface area (Å²) >= 11 is 0. The van der Waals surface area contributed by atoms with Gasteiger partial charge in [0.15, 0.2) is 11.3 Å². The van der Waals surface area contributed by atoms with E-state index in [0.717, 1.165) is 36.0 Å². The number of anilines is 1. The highest BCUT2D eigenvalue weighted by Crippen LogP contribution is 2.36. The van der Waals surface area contributed by atoms with Crippen molar-refractivity contribution in [2.75, 3.05) is 5.32 Å². The fourth-order valence-electron chi connectivity index (χ4n) is 3.54. The summed E-state index contributed by atoms with van der Waals surface area (Å²) in [4.78, 5) is 17.0. The highest BCUT2D eigenvalue weighted by Gasteiger charge is 2.37. The number of rotatable bonds is 4. The number of benzene rings is 2. The average Bonchev–Trinajstić information content (AvgIpc) is 3.21. The predicted octanol–water partition coefficient (Wildman–Crippen LogP) is 6.81. The third-order valence-electron chi connectivity index (χ3n) is 5.36. The molecular weight excluding hydrogens is 474 g/mol. The van der Waals surface area contributed by atoms with Crippen molar-refractivity contribution in [3.05, 3.63) is 83.2 Å². The minimum Gasteiger partial charge on any atom is -0.321 e. The normalized spacial score (nSPS) is 12.4. The molecule has 11 heteroatoms.